The summed E-state index contributed by atoms with van der Waals surface area (Å²) in [5, 5.41) is 10.7. The Morgan fingerprint density at radius 3 is 2.79 bits per heavy atom. The van der Waals surface area contributed by atoms with Gasteiger partial charge < -0.3 is 15.7 Å². The molecular formula is C17H21ClFN7OS. The highest BCUT2D eigenvalue weighted by Gasteiger charge is 2.52. The lowest BCUT2D eigenvalue weighted by molar-refractivity contribution is 0.0693. The predicted molar refractivity (Wildman–Crippen MR) is 108 cm³/mol. The predicted octanol–water partition coefficient (Wildman–Crippen LogP) is 1.45. The second-order valence-electron chi connectivity index (χ2n) is 7.26. The minimum absolute atomic E-state index is 0. The van der Waals surface area contributed by atoms with Crippen LogP contribution in [0.3, 0.4) is 0 Å². The molecule has 0 radical (unpaired) electrons. The topological polar surface area (TPSA) is 113 Å². The lowest BCUT2D eigenvalue weighted by Gasteiger charge is -2.34. The number of hydrogen-bond acceptors (Lipinski definition) is 9. The van der Waals surface area contributed by atoms with E-state index in [9.17, 15) is 9.50 Å². The molecule has 2 aliphatic heterocycles. The Labute approximate surface area is 172 Å². The molecule has 4 heterocycles. The highest BCUT2D eigenvalue weighted by atomic mass is 35.5. The minimum atomic E-state index is -1.40. The van der Waals surface area contributed by atoms with Crippen molar-refractivity contribution in [2.75, 3.05) is 24.5 Å². The van der Waals surface area contributed by atoms with Gasteiger partial charge in [0.15, 0.2) is 11.0 Å². The molecule has 0 bridgehead atoms. The molecule has 0 amide bonds. The van der Waals surface area contributed by atoms with Gasteiger partial charge >= 0.3 is 0 Å². The van der Waals surface area contributed by atoms with Crippen molar-refractivity contribution in [3.8, 4) is 0 Å². The molecule has 2 aromatic rings. The van der Waals surface area contributed by atoms with Crippen molar-refractivity contribution in [1.29, 1.82) is 0 Å². The van der Waals surface area contributed by atoms with Crippen molar-refractivity contribution in [3.05, 3.63) is 42.0 Å². The molecular weight excluding hydrogens is 405 g/mol. The number of rotatable bonds is 3. The Morgan fingerprint density at radius 2 is 2.11 bits per heavy atom. The lowest BCUT2D eigenvalue weighted by atomic mass is 9.91. The van der Waals surface area contributed by atoms with Gasteiger partial charge in [-0.1, -0.05) is 11.8 Å². The van der Waals surface area contributed by atoms with Gasteiger partial charge in [-0.05, 0) is 13.8 Å². The Hall–Kier alpha value is -2.04. The maximum atomic E-state index is 14.1. The quantitative estimate of drug-likeness (QED) is 0.759. The van der Waals surface area contributed by atoms with Crippen molar-refractivity contribution in [1.82, 2.24) is 19.9 Å². The third kappa shape index (κ3) is 3.51. The maximum Gasteiger partial charge on any atom is 0.225 e. The first-order valence-corrected chi connectivity index (χ1v) is 9.37. The van der Waals surface area contributed by atoms with E-state index in [0.717, 1.165) is 11.9 Å². The third-order valence-corrected chi connectivity index (χ3v) is 6.24. The van der Waals surface area contributed by atoms with Crippen LogP contribution in [0.15, 0.2) is 29.8 Å². The molecule has 3 N–H and O–H groups in total. The number of anilines is 1. The zero-order chi connectivity index (χ0) is 19.2. The first kappa shape index (κ1) is 20.7. The van der Waals surface area contributed by atoms with E-state index in [1.807, 2.05) is 4.90 Å². The van der Waals surface area contributed by atoms with E-state index in [1.54, 1.807) is 18.6 Å². The molecule has 150 valence electrons. The number of halogens is 2. The lowest BCUT2D eigenvalue weighted by Crippen LogP contribution is -2.40. The fourth-order valence-corrected chi connectivity index (χ4v) is 4.84. The van der Waals surface area contributed by atoms with Crippen LogP contribution in [-0.2, 0) is 10.3 Å². The summed E-state index contributed by atoms with van der Waals surface area (Å²) in [6, 6.07) is 0. The molecule has 0 saturated carbocycles. The zero-order valence-corrected chi connectivity index (χ0v) is 17.0. The van der Waals surface area contributed by atoms with Crippen LogP contribution in [0.25, 0.3) is 0 Å². The number of nitrogens with zero attached hydrogens (tertiary/aromatic N) is 6. The maximum absolute atomic E-state index is 14.1. The molecule has 4 rings (SSSR count). The molecule has 1 fully saturated rings. The fourth-order valence-electron chi connectivity index (χ4n) is 3.58. The van der Waals surface area contributed by atoms with Crippen LogP contribution in [0.1, 0.15) is 25.2 Å². The van der Waals surface area contributed by atoms with Gasteiger partial charge in [0, 0.05) is 44.1 Å². The Kier molecular flexibility index (Phi) is 5.48. The number of nitrogens with two attached hydrogens (primary N) is 1. The van der Waals surface area contributed by atoms with Crippen LogP contribution >= 0.6 is 24.2 Å². The van der Waals surface area contributed by atoms with Crippen molar-refractivity contribution in [2.24, 2.45) is 16.6 Å². The van der Waals surface area contributed by atoms with E-state index >= 15 is 0 Å². The number of thioether (sulfide) groups is 1. The Balaban J connectivity index is 0.00000225. The second kappa shape index (κ2) is 7.41. The van der Waals surface area contributed by atoms with E-state index in [4.69, 9.17) is 5.73 Å². The molecule has 2 atom stereocenters. The number of aromatic nitrogens is 4. The second-order valence-corrected chi connectivity index (χ2v) is 8.62. The molecule has 0 aromatic carbocycles. The SMILES string of the molecule is CC(C)(O)c1nc(N2C[C@@H]3CN=C(N)S[C@@]3(c3cnccn3)C2)ncc1F.Cl. The van der Waals surface area contributed by atoms with Gasteiger partial charge in [0.25, 0.3) is 0 Å². The third-order valence-electron chi connectivity index (χ3n) is 4.87. The Morgan fingerprint density at radius 1 is 1.32 bits per heavy atom. The smallest absolute Gasteiger partial charge is 0.225 e. The number of aliphatic hydroxyl groups is 1. The highest BCUT2D eigenvalue weighted by Crippen LogP contribution is 2.50. The summed E-state index contributed by atoms with van der Waals surface area (Å²) < 4.78 is 13.7. The summed E-state index contributed by atoms with van der Waals surface area (Å²) in [5.74, 6) is -0.135. The molecule has 2 aromatic heterocycles. The van der Waals surface area contributed by atoms with Crippen LogP contribution in [-0.4, -0.2) is 49.8 Å². The summed E-state index contributed by atoms with van der Waals surface area (Å²) in [7, 11) is 0. The number of amidine groups is 1. The van der Waals surface area contributed by atoms with E-state index in [1.165, 1.54) is 25.6 Å². The van der Waals surface area contributed by atoms with Gasteiger partial charge in [-0.15, -0.1) is 12.4 Å². The summed E-state index contributed by atoms with van der Waals surface area (Å²) in [4.78, 5) is 23.5. The average Bonchev–Trinajstić information content (AvgIpc) is 3.02. The largest absolute Gasteiger partial charge is 0.384 e. The number of fused-ring (bicyclic) bond motifs is 1. The zero-order valence-electron chi connectivity index (χ0n) is 15.4. The standard InChI is InChI=1S/C17H20FN7OS.ClH/c1-16(2,26)13-11(18)6-23-15(24-13)25-8-10-5-22-14(19)27-17(10,9-25)12-7-20-3-4-21-12;/h3-4,6-7,10,26H,5,8-9H2,1-2H3,(H2,19,22);1H/t10-,17-;/m0./s1. The van der Waals surface area contributed by atoms with Crippen LogP contribution < -0.4 is 10.6 Å². The Bertz CT molecular complexity index is 895. The molecule has 28 heavy (non-hydrogen) atoms. The van der Waals surface area contributed by atoms with Gasteiger partial charge in [0.05, 0.1) is 16.6 Å². The summed E-state index contributed by atoms with van der Waals surface area (Å²) in [6.45, 7) is 4.71. The normalized spacial score (nSPS) is 24.4. The fraction of sp³-hybridized carbons (Fsp3) is 0.471. The summed E-state index contributed by atoms with van der Waals surface area (Å²) in [6.07, 6.45) is 6.14. The van der Waals surface area contributed by atoms with E-state index < -0.39 is 16.2 Å². The monoisotopic (exact) mass is 425 g/mol. The molecule has 8 nitrogen and oxygen atoms in total. The molecule has 0 aliphatic carbocycles. The molecule has 11 heteroatoms. The minimum Gasteiger partial charge on any atom is -0.384 e. The van der Waals surface area contributed by atoms with Crippen molar-refractivity contribution < 1.29 is 9.50 Å². The van der Waals surface area contributed by atoms with Gasteiger partial charge in [-0.25, -0.2) is 14.4 Å². The van der Waals surface area contributed by atoms with Crippen LogP contribution in [0.2, 0.25) is 0 Å². The average molecular weight is 426 g/mol. The number of hydrogen-bond donors (Lipinski definition) is 2. The van der Waals surface area contributed by atoms with Crippen molar-refractivity contribution in [2.45, 2.75) is 24.2 Å². The van der Waals surface area contributed by atoms with Crippen molar-refractivity contribution in [3.63, 3.8) is 0 Å². The molecule has 1 saturated heterocycles. The number of aliphatic imine (C=N–C) groups is 1. The van der Waals surface area contributed by atoms with Crippen LogP contribution in [0, 0.1) is 11.7 Å². The van der Waals surface area contributed by atoms with Gasteiger partial charge in [0.2, 0.25) is 5.95 Å². The molecule has 2 aliphatic rings. The van der Waals surface area contributed by atoms with Crippen molar-refractivity contribution >= 4 is 35.3 Å². The summed E-state index contributed by atoms with van der Waals surface area (Å²) in [5.41, 5.74) is 5.42. The summed E-state index contributed by atoms with van der Waals surface area (Å²) >= 11 is 1.47. The first-order valence-electron chi connectivity index (χ1n) is 8.55. The van der Waals surface area contributed by atoms with E-state index in [0.29, 0.717) is 30.8 Å². The molecule has 0 unspecified atom stereocenters. The van der Waals surface area contributed by atoms with Gasteiger partial charge in [-0.3, -0.25) is 15.0 Å². The van der Waals surface area contributed by atoms with E-state index in [2.05, 4.69) is 24.9 Å². The highest BCUT2D eigenvalue weighted by molar-refractivity contribution is 8.14. The first-order chi connectivity index (χ1) is 12.8. The van der Waals surface area contributed by atoms with Crippen LogP contribution in [0.4, 0.5) is 10.3 Å². The van der Waals surface area contributed by atoms with E-state index in [-0.39, 0.29) is 24.0 Å². The van der Waals surface area contributed by atoms with Crippen LogP contribution in [0.5, 0.6) is 0 Å². The van der Waals surface area contributed by atoms with Gasteiger partial charge in [0.1, 0.15) is 11.3 Å². The van der Waals surface area contributed by atoms with Gasteiger partial charge in [-0.2, -0.15) is 0 Å². The molecule has 0 spiro atoms.